The van der Waals surface area contributed by atoms with Gasteiger partial charge in [-0.1, -0.05) is 103 Å². The minimum Gasteiger partial charge on any atom is -0.374 e. The van der Waals surface area contributed by atoms with Gasteiger partial charge < -0.3 is 10.0 Å². The van der Waals surface area contributed by atoms with E-state index in [0.29, 0.717) is 0 Å². The minimum atomic E-state index is -0.377. The molecule has 0 amide bonds. The number of amidine groups is 1. The van der Waals surface area contributed by atoms with Crippen molar-refractivity contribution >= 4 is 18.2 Å². The Balaban J connectivity index is 0.00000676. The third kappa shape index (κ3) is 14.4. The highest BCUT2D eigenvalue weighted by molar-refractivity contribution is 5.85. The normalized spacial score (nSPS) is 14.9. The first kappa shape index (κ1) is 26.7. The molecule has 0 aromatic heterocycles. The Morgan fingerprint density at radius 1 is 0.778 bits per heavy atom. The van der Waals surface area contributed by atoms with Gasteiger partial charge in [-0.25, -0.2) is 0 Å². The molecule has 1 N–H and O–H groups in total. The molecule has 1 rings (SSSR count). The van der Waals surface area contributed by atoms with Gasteiger partial charge in [-0.05, 0) is 13.3 Å². The smallest absolute Gasteiger partial charge is 0.125 e. The highest BCUT2D eigenvalue weighted by atomic mass is 35.5. The lowest BCUT2D eigenvalue weighted by Gasteiger charge is -2.23. The zero-order valence-corrected chi connectivity index (χ0v) is 19.1. The molecule has 0 spiro atoms. The number of aliphatic hydroxyl groups is 1. The quantitative estimate of drug-likeness (QED) is 0.248. The van der Waals surface area contributed by atoms with Crippen LogP contribution in [0.25, 0.3) is 0 Å². The first-order valence-electron chi connectivity index (χ1n) is 11.7. The van der Waals surface area contributed by atoms with Gasteiger partial charge in [-0.15, -0.1) is 12.4 Å². The van der Waals surface area contributed by atoms with Gasteiger partial charge in [0.2, 0.25) is 0 Å². The Bertz CT molecular complexity index is 347. The predicted octanol–water partition coefficient (Wildman–Crippen LogP) is 7.11. The first-order chi connectivity index (χ1) is 12.8. The second-order valence-electron chi connectivity index (χ2n) is 8.18. The summed E-state index contributed by atoms with van der Waals surface area (Å²) in [4.78, 5) is 6.58. The van der Waals surface area contributed by atoms with Crippen molar-refractivity contribution in [3.8, 4) is 0 Å². The molecule has 1 aliphatic heterocycles. The van der Waals surface area contributed by atoms with Crippen LogP contribution in [0.3, 0.4) is 0 Å². The number of halogens is 1. The Morgan fingerprint density at radius 3 is 1.59 bits per heavy atom. The van der Waals surface area contributed by atoms with Crippen LogP contribution in [0.5, 0.6) is 0 Å². The van der Waals surface area contributed by atoms with E-state index in [0.717, 1.165) is 25.3 Å². The topological polar surface area (TPSA) is 35.8 Å². The monoisotopic (exact) mass is 402 g/mol. The SMILES string of the molecule is CCCCCCCCCCCCCCCCCCC1=NCCN1C(C)O.Cl. The summed E-state index contributed by atoms with van der Waals surface area (Å²) in [5, 5.41) is 9.70. The molecule has 1 heterocycles. The molecule has 4 heteroatoms. The first-order valence-corrected chi connectivity index (χ1v) is 11.7. The van der Waals surface area contributed by atoms with Crippen molar-refractivity contribution < 1.29 is 5.11 Å². The van der Waals surface area contributed by atoms with E-state index in [-0.39, 0.29) is 18.6 Å². The van der Waals surface area contributed by atoms with Crippen molar-refractivity contribution in [2.24, 2.45) is 4.99 Å². The number of rotatable bonds is 18. The summed E-state index contributed by atoms with van der Waals surface area (Å²) >= 11 is 0. The molecular formula is C23H47ClN2O. The molecule has 162 valence electrons. The molecule has 0 bridgehead atoms. The molecule has 1 atom stereocenters. The number of hydrogen-bond donors (Lipinski definition) is 1. The van der Waals surface area contributed by atoms with Crippen molar-refractivity contribution in [1.29, 1.82) is 0 Å². The lowest BCUT2D eigenvalue weighted by atomic mass is 10.0. The Kier molecular flexibility index (Phi) is 18.9. The second kappa shape index (κ2) is 19.1. The lowest BCUT2D eigenvalue weighted by Crippen LogP contribution is -2.35. The minimum absolute atomic E-state index is 0. The largest absolute Gasteiger partial charge is 0.374 e. The van der Waals surface area contributed by atoms with E-state index >= 15 is 0 Å². The highest BCUT2D eigenvalue weighted by Gasteiger charge is 2.19. The summed E-state index contributed by atoms with van der Waals surface area (Å²) in [7, 11) is 0. The fourth-order valence-electron chi connectivity index (χ4n) is 3.96. The second-order valence-corrected chi connectivity index (χ2v) is 8.18. The van der Waals surface area contributed by atoms with E-state index in [1.54, 1.807) is 0 Å². The number of unbranched alkanes of at least 4 members (excludes halogenated alkanes) is 15. The lowest BCUT2D eigenvalue weighted by molar-refractivity contribution is 0.0766. The third-order valence-corrected chi connectivity index (χ3v) is 5.67. The average Bonchev–Trinajstić information content (AvgIpc) is 3.10. The Hall–Kier alpha value is -0.280. The Morgan fingerprint density at radius 2 is 1.19 bits per heavy atom. The van der Waals surface area contributed by atoms with Gasteiger partial charge in [0.05, 0.1) is 6.54 Å². The third-order valence-electron chi connectivity index (χ3n) is 5.67. The van der Waals surface area contributed by atoms with Crippen molar-refractivity contribution in [2.75, 3.05) is 13.1 Å². The molecular weight excluding hydrogens is 356 g/mol. The molecule has 27 heavy (non-hydrogen) atoms. The van der Waals surface area contributed by atoms with E-state index in [4.69, 9.17) is 0 Å². The average molecular weight is 403 g/mol. The van der Waals surface area contributed by atoms with Crippen LogP contribution in [-0.2, 0) is 0 Å². The van der Waals surface area contributed by atoms with Crippen molar-refractivity contribution in [2.45, 2.75) is 129 Å². The van der Waals surface area contributed by atoms with Crippen LogP contribution >= 0.6 is 12.4 Å². The molecule has 1 unspecified atom stereocenters. The van der Waals surface area contributed by atoms with Gasteiger partial charge in [0.25, 0.3) is 0 Å². The van der Waals surface area contributed by atoms with E-state index in [1.165, 1.54) is 103 Å². The van der Waals surface area contributed by atoms with Crippen molar-refractivity contribution in [3.05, 3.63) is 0 Å². The van der Waals surface area contributed by atoms with Gasteiger partial charge >= 0.3 is 0 Å². The summed E-state index contributed by atoms with van der Waals surface area (Å²) in [5.74, 6) is 1.13. The van der Waals surface area contributed by atoms with Crippen LogP contribution in [0.2, 0.25) is 0 Å². The van der Waals surface area contributed by atoms with Crippen LogP contribution in [0.15, 0.2) is 4.99 Å². The zero-order chi connectivity index (χ0) is 18.9. The fourth-order valence-corrected chi connectivity index (χ4v) is 3.96. The molecule has 0 saturated heterocycles. The molecule has 0 aromatic rings. The van der Waals surface area contributed by atoms with Crippen molar-refractivity contribution in [1.82, 2.24) is 4.90 Å². The molecule has 0 aromatic carbocycles. The Labute approximate surface area is 175 Å². The van der Waals surface area contributed by atoms with Crippen LogP contribution in [0, 0.1) is 0 Å². The molecule has 0 fully saturated rings. The maximum Gasteiger partial charge on any atom is 0.125 e. The van der Waals surface area contributed by atoms with Crippen molar-refractivity contribution in [3.63, 3.8) is 0 Å². The zero-order valence-electron chi connectivity index (χ0n) is 18.3. The number of aliphatic imine (C=N–C) groups is 1. The highest BCUT2D eigenvalue weighted by Crippen LogP contribution is 2.15. The van der Waals surface area contributed by atoms with Crippen LogP contribution in [0.4, 0.5) is 0 Å². The van der Waals surface area contributed by atoms with Gasteiger partial charge in [0.1, 0.15) is 12.1 Å². The summed E-state index contributed by atoms with van der Waals surface area (Å²) < 4.78 is 0. The van der Waals surface area contributed by atoms with Gasteiger partial charge in [-0.2, -0.15) is 0 Å². The molecule has 0 radical (unpaired) electrons. The van der Waals surface area contributed by atoms with Gasteiger partial charge in [0, 0.05) is 13.0 Å². The van der Waals surface area contributed by atoms with Crippen LogP contribution in [0.1, 0.15) is 123 Å². The van der Waals surface area contributed by atoms with E-state index < -0.39 is 0 Å². The summed E-state index contributed by atoms with van der Waals surface area (Å²) in [6.07, 6.45) is 23.2. The molecule has 3 nitrogen and oxygen atoms in total. The van der Waals surface area contributed by atoms with Crippen LogP contribution < -0.4 is 0 Å². The summed E-state index contributed by atoms with van der Waals surface area (Å²) in [6.45, 7) is 5.89. The van der Waals surface area contributed by atoms with E-state index in [1.807, 2.05) is 11.8 Å². The van der Waals surface area contributed by atoms with Gasteiger partial charge in [-0.3, -0.25) is 4.99 Å². The summed E-state index contributed by atoms with van der Waals surface area (Å²) in [5.41, 5.74) is 0. The van der Waals surface area contributed by atoms with E-state index in [9.17, 15) is 5.11 Å². The predicted molar refractivity (Wildman–Crippen MR) is 122 cm³/mol. The summed E-state index contributed by atoms with van der Waals surface area (Å²) in [6, 6.07) is 0. The molecule has 1 aliphatic rings. The van der Waals surface area contributed by atoms with Gasteiger partial charge in [0.15, 0.2) is 0 Å². The number of nitrogens with zero attached hydrogens (tertiary/aromatic N) is 2. The standard InChI is InChI=1S/C23H46N2O.ClH/c1-3-4-5-6-7-8-9-10-11-12-13-14-15-16-17-18-19-23-24-20-21-25(23)22(2)26;/h22,26H,3-21H2,1-2H3;1H. The van der Waals surface area contributed by atoms with E-state index in [2.05, 4.69) is 11.9 Å². The molecule has 0 saturated carbocycles. The fraction of sp³-hybridized carbons (Fsp3) is 0.957. The van der Waals surface area contributed by atoms with Crippen LogP contribution in [-0.4, -0.2) is 35.2 Å². The number of aliphatic hydroxyl groups excluding tert-OH is 1. The number of hydrogen-bond acceptors (Lipinski definition) is 3. The maximum atomic E-state index is 9.70. The molecule has 0 aliphatic carbocycles. The maximum absolute atomic E-state index is 9.70.